The Morgan fingerprint density at radius 3 is 2.47 bits per heavy atom. The fraction of sp³-hybridized carbons (Fsp3) is 0.259. The maximum absolute atomic E-state index is 8.88. The second-order valence-electron chi connectivity index (χ2n) is 8.06. The number of benzene rings is 3. The Kier molecular flexibility index (Phi) is 7.16. The maximum atomic E-state index is 8.88. The van der Waals surface area contributed by atoms with Gasteiger partial charge < -0.3 is 9.47 Å². The first-order chi connectivity index (χ1) is 15.6. The highest BCUT2D eigenvalue weighted by Crippen LogP contribution is 2.24. The Bertz CT molecular complexity index is 1220. The van der Waals surface area contributed by atoms with E-state index in [1.54, 1.807) is 11.3 Å². The van der Waals surface area contributed by atoms with E-state index in [-0.39, 0.29) is 0 Å². The van der Waals surface area contributed by atoms with Crippen molar-refractivity contribution < 1.29 is 9.47 Å². The highest BCUT2D eigenvalue weighted by Gasteiger charge is 2.07. The van der Waals surface area contributed by atoms with E-state index >= 15 is 0 Å². The molecule has 0 bridgehead atoms. The standard InChI is InChI=1S/C27H26N2O2S/c1-19(2)26-18-32-27(29-26)17-31-25-10-9-23-8-7-22(13-24(23)14-25)16-30-12-11-20-3-5-21(15-28)6-4-20/h3-10,13-14,18-19H,11-12,16-17H2,1-2H3. The SMILES string of the molecule is CC(C)c1csc(COc2ccc3ccc(COCCc4ccc(C#N)cc4)cc3c2)n1. The van der Waals surface area contributed by atoms with Crippen molar-refractivity contribution in [1.82, 2.24) is 4.98 Å². The Morgan fingerprint density at radius 1 is 0.938 bits per heavy atom. The van der Waals surface area contributed by atoms with Gasteiger partial charge in [-0.1, -0.05) is 44.2 Å². The second kappa shape index (κ2) is 10.4. The third kappa shape index (κ3) is 5.73. The molecule has 0 aliphatic carbocycles. The average Bonchev–Trinajstić information content (AvgIpc) is 3.30. The van der Waals surface area contributed by atoms with Gasteiger partial charge in [-0.3, -0.25) is 0 Å². The third-order valence-electron chi connectivity index (χ3n) is 5.29. The van der Waals surface area contributed by atoms with E-state index in [9.17, 15) is 0 Å². The summed E-state index contributed by atoms with van der Waals surface area (Å²) in [7, 11) is 0. The zero-order valence-corrected chi connectivity index (χ0v) is 19.2. The van der Waals surface area contributed by atoms with E-state index in [0.717, 1.165) is 33.8 Å². The summed E-state index contributed by atoms with van der Waals surface area (Å²) in [5, 5.41) is 14.3. The molecule has 0 spiro atoms. The summed E-state index contributed by atoms with van der Waals surface area (Å²) in [4.78, 5) is 4.64. The Labute approximate surface area is 193 Å². The van der Waals surface area contributed by atoms with Crippen LogP contribution >= 0.6 is 11.3 Å². The fourth-order valence-corrected chi connectivity index (χ4v) is 4.25. The van der Waals surface area contributed by atoms with Crippen LogP contribution in [-0.4, -0.2) is 11.6 Å². The van der Waals surface area contributed by atoms with Crippen molar-refractivity contribution in [2.75, 3.05) is 6.61 Å². The van der Waals surface area contributed by atoms with Gasteiger partial charge in [0.2, 0.25) is 0 Å². The molecule has 32 heavy (non-hydrogen) atoms. The normalized spacial score (nSPS) is 11.1. The van der Waals surface area contributed by atoms with Crippen LogP contribution in [0.15, 0.2) is 66.0 Å². The Morgan fingerprint density at radius 2 is 1.72 bits per heavy atom. The monoisotopic (exact) mass is 442 g/mol. The average molecular weight is 443 g/mol. The number of fused-ring (bicyclic) bond motifs is 1. The van der Waals surface area contributed by atoms with Crippen molar-refractivity contribution >= 4 is 22.1 Å². The summed E-state index contributed by atoms with van der Waals surface area (Å²) < 4.78 is 11.9. The van der Waals surface area contributed by atoms with Crippen molar-refractivity contribution in [3.8, 4) is 11.8 Å². The molecular weight excluding hydrogens is 416 g/mol. The second-order valence-corrected chi connectivity index (χ2v) is 9.01. The molecule has 0 atom stereocenters. The van der Waals surface area contributed by atoms with Gasteiger partial charge in [-0.2, -0.15) is 5.26 Å². The van der Waals surface area contributed by atoms with Crippen molar-refractivity contribution in [3.63, 3.8) is 0 Å². The molecule has 0 aliphatic heterocycles. The minimum absolute atomic E-state index is 0.436. The summed E-state index contributed by atoms with van der Waals surface area (Å²) in [6.07, 6.45) is 0.826. The fourth-order valence-electron chi connectivity index (χ4n) is 3.38. The summed E-state index contributed by atoms with van der Waals surface area (Å²) >= 11 is 1.65. The topological polar surface area (TPSA) is 55.1 Å². The van der Waals surface area contributed by atoms with Crippen LogP contribution in [0.25, 0.3) is 10.8 Å². The van der Waals surface area contributed by atoms with Gasteiger partial charge in [-0.25, -0.2) is 4.98 Å². The third-order valence-corrected chi connectivity index (χ3v) is 6.13. The van der Waals surface area contributed by atoms with Gasteiger partial charge in [0.05, 0.1) is 30.5 Å². The molecule has 0 unspecified atom stereocenters. The van der Waals surface area contributed by atoms with Crippen LogP contribution in [0.4, 0.5) is 0 Å². The molecule has 3 aromatic carbocycles. The molecule has 1 heterocycles. The van der Waals surface area contributed by atoms with Gasteiger partial charge in [-0.05, 0) is 64.6 Å². The van der Waals surface area contributed by atoms with Gasteiger partial charge >= 0.3 is 0 Å². The predicted molar refractivity (Wildman–Crippen MR) is 129 cm³/mol. The lowest BCUT2D eigenvalue weighted by molar-refractivity contribution is 0.124. The molecule has 4 rings (SSSR count). The molecule has 0 aliphatic rings. The molecule has 0 amide bonds. The highest BCUT2D eigenvalue weighted by molar-refractivity contribution is 7.09. The van der Waals surface area contributed by atoms with Gasteiger partial charge in [0.1, 0.15) is 17.4 Å². The first-order valence-electron chi connectivity index (χ1n) is 10.8. The molecule has 4 aromatic rings. The number of rotatable bonds is 9. The van der Waals surface area contributed by atoms with E-state index in [2.05, 4.69) is 60.6 Å². The summed E-state index contributed by atoms with van der Waals surface area (Å²) in [5.74, 6) is 1.28. The van der Waals surface area contributed by atoms with Gasteiger partial charge in [0.25, 0.3) is 0 Å². The number of nitrogens with zero attached hydrogens (tertiary/aromatic N) is 2. The Hall–Kier alpha value is -3.20. The number of aromatic nitrogens is 1. The van der Waals surface area contributed by atoms with Crippen LogP contribution < -0.4 is 4.74 Å². The summed E-state index contributed by atoms with van der Waals surface area (Å²) in [6.45, 7) is 5.99. The zero-order valence-electron chi connectivity index (χ0n) is 18.4. The van der Waals surface area contributed by atoms with E-state index in [1.807, 2.05) is 30.3 Å². The van der Waals surface area contributed by atoms with E-state index in [4.69, 9.17) is 14.7 Å². The zero-order chi connectivity index (χ0) is 22.3. The molecule has 4 nitrogen and oxygen atoms in total. The van der Waals surface area contributed by atoms with Crippen LogP contribution in [-0.2, 0) is 24.4 Å². The van der Waals surface area contributed by atoms with Crippen LogP contribution in [0.3, 0.4) is 0 Å². The summed E-state index contributed by atoms with van der Waals surface area (Å²) in [5.41, 5.74) is 4.11. The molecule has 5 heteroatoms. The van der Waals surface area contributed by atoms with Crippen molar-refractivity contribution in [2.24, 2.45) is 0 Å². The van der Waals surface area contributed by atoms with Gasteiger partial charge in [-0.15, -0.1) is 11.3 Å². The van der Waals surface area contributed by atoms with E-state index < -0.39 is 0 Å². The van der Waals surface area contributed by atoms with Crippen LogP contribution in [0.1, 0.15) is 47.2 Å². The minimum atomic E-state index is 0.436. The molecule has 0 radical (unpaired) electrons. The van der Waals surface area contributed by atoms with Crippen LogP contribution in [0.5, 0.6) is 5.75 Å². The lowest BCUT2D eigenvalue weighted by atomic mass is 10.1. The number of hydrogen-bond donors (Lipinski definition) is 0. The van der Waals surface area contributed by atoms with Gasteiger partial charge in [0, 0.05) is 5.38 Å². The lowest BCUT2D eigenvalue weighted by Crippen LogP contribution is -1.99. The van der Waals surface area contributed by atoms with Gasteiger partial charge in [0.15, 0.2) is 0 Å². The molecular formula is C27H26N2O2S. The largest absolute Gasteiger partial charge is 0.486 e. The molecule has 0 saturated carbocycles. The Balaban J connectivity index is 1.32. The van der Waals surface area contributed by atoms with Crippen molar-refractivity contribution in [1.29, 1.82) is 5.26 Å². The number of hydrogen-bond acceptors (Lipinski definition) is 5. The first kappa shape index (κ1) is 22.0. The lowest BCUT2D eigenvalue weighted by Gasteiger charge is -2.09. The van der Waals surface area contributed by atoms with Crippen molar-refractivity contribution in [2.45, 2.75) is 39.4 Å². The first-order valence-corrected chi connectivity index (χ1v) is 11.7. The van der Waals surface area contributed by atoms with E-state index in [1.165, 1.54) is 10.9 Å². The number of thiazole rings is 1. The highest BCUT2D eigenvalue weighted by atomic mass is 32.1. The smallest absolute Gasteiger partial charge is 0.140 e. The molecule has 1 aromatic heterocycles. The molecule has 0 saturated heterocycles. The quantitative estimate of drug-likeness (QED) is 0.273. The molecule has 0 fully saturated rings. The van der Waals surface area contributed by atoms with Crippen LogP contribution in [0, 0.1) is 11.3 Å². The molecule has 162 valence electrons. The van der Waals surface area contributed by atoms with E-state index in [0.29, 0.717) is 31.3 Å². The minimum Gasteiger partial charge on any atom is -0.486 e. The van der Waals surface area contributed by atoms with Crippen molar-refractivity contribution in [3.05, 3.63) is 93.4 Å². The summed E-state index contributed by atoms with van der Waals surface area (Å²) in [6, 6.07) is 22.3. The van der Waals surface area contributed by atoms with Crippen LogP contribution in [0.2, 0.25) is 0 Å². The maximum Gasteiger partial charge on any atom is 0.140 e. The molecule has 0 N–H and O–H groups in total. The predicted octanol–water partition coefficient (Wildman–Crippen LogP) is 6.63. The number of nitriles is 1. The number of ether oxygens (including phenoxy) is 2.